The van der Waals surface area contributed by atoms with Crippen LogP contribution in [0.15, 0.2) is 78.0 Å². The lowest BCUT2D eigenvalue weighted by atomic mass is 10.1. The maximum absolute atomic E-state index is 13.3. The Hall–Kier alpha value is -4.23. The Balaban J connectivity index is 1.59. The van der Waals surface area contributed by atoms with Crippen molar-refractivity contribution in [3.63, 3.8) is 0 Å². The molecule has 0 saturated carbocycles. The number of alkyl halides is 2. The predicted molar refractivity (Wildman–Crippen MR) is 134 cm³/mol. The highest BCUT2D eigenvalue weighted by Crippen LogP contribution is 2.37. The number of nitrogens with one attached hydrogen (secondary N) is 1. The molecule has 0 fully saturated rings. The summed E-state index contributed by atoms with van der Waals surface area (Å²) >= 11 is 6.87. The monoisotopic (exact) mass is 546 g/mol. The van der Waals surface area contributed by atoms with Gasteiger partial charge in [-0.1, -0.05) is 53.7 Å². The summed E-state index contributed by atoms with van der Waals surface area (Å²) in [5, 5.41) is 21.3. The van der Waals surface area contributed by atoms with Crippen LogP contribution in [-0.4, -0.2) is 32.3 Å². The van der Waals surface area contributed by atoms with E-state index in [2.05, 4.69) is 20.3 Å². The molecule has 14 heteroatoms. The topological polar surface area (TPSA) is 138 Å². The van der Waals surface area contributed by atoms with Gasteiger partial charge in [0.2, 0.25) is 11.1 Å². The number of nitrogens with zero attached hydrogens (tertiary/aromatic N) is 4. The van der Waals surface area contributed by atoms with Gasteiger partial charge in [0.05, 0.1) is 4.92 Å². The Morgan fingerprint density at radius 3 is 2.46 bits per heavy atom. The van der Waals surface area contributed by atoms with Crippen LogP contribution in [0.2, 0.25) is 5.02 Å². The highest BCUT2D eigenvalue weighted by molar-refractivity contribution is 8.00. The van der Waals surface area contributed by atoms with Crippen LogP contribution in [0.3, 0.4) is 0 Å². The number of halogens is 3. The fourth-order valence-corrected chi connectivity index (χ4v) is 4.43. The van der Waals surface area contributed by atoms with Crippen molar-refractivity contribution in [1.82, 2.24) is 14.9 Å². The highest BCUT2D eigenvalue weighted by Gasteiger charge is 2.26. The molecule has 190 valence electrons. The van der Waals surface area contributed by atoms with Crippen molar-refractivity contribution in [2.24, 2.45) is 0 Å². The summed E-state index contributed by atoms with van der Waals surface area (Å²) in [6, 6.07) is 18.4. The summed E-state index contributed by atoms with van der Waals surface area (Å²) < 4.78 is 30.3. The molecular formula is C23H17ClF2N6O4S. The van der Waals surface area contributed by atoms with Crippen LogP contribution in [0.4, 0.5) is 20.2 Å². The average Bonchev–Trinajstić information content (AvgIpc) is 3.24. The smallest absolute Gasteiger partial charge is 0.387 e. The van der Waals surface area contributed by atoms with Gasteiger partial charge < -0.3 is 15.9 Å². The van der Waals surface area contributed by atoms with E-state index in [0.29, 0.717) is 11.1 Å². The lowest BCUT2D eigenvalue weighted by molar-refractivity contribution is -0.384. The second kappa shape index (κ2) is 11.2. The number of thioether (sulfide) groups is 1. The van der Waals surface area contributed by atoms with Crippen molar-refractivity contribution in [3.05, 3.63) is 93.5 Å². The van der Waals surface area contributed by atoms with Crippen LogP contribution >= 0.6 is 23.4 Å². The van der Waals surface area contributed by atoms with E-state index in [1.165, 1.54) is 41.1 Å². The van der Waals surface area contributed by atoms with Crippen molar-refractivity contribution in [1.29, 1.82) is 0 Å². The lowest BCUT2D eigenvalue weighted by Gasteiger charge is -2.16. The van der Waals surface area contributed by atoms with Gasteiger partial charge in [-0.3, -0.25) is 14.9 Å². The minimum Gasteiger partial charge on any atom is -0.435 e. The number of carbonyl (C=O) groups excluding carboxylic acids is 1. The van der Waals surface area contributed by atoms with Crippen molar-refractivity contribution in [2.75, 3.05) is 11.2 Å². The van der Waals surface area contributed by atoms with Crippen molar-refractivity contribution in [3.8, 4) is 17.1 Å². The Morgan fingerprint density at radius 1 is 1.11 bits per heavy atom. The predicted octanol–water partition coefficient (Wildman–Crippen LogP) is 5.29. The van der Waals surface area contributed by atoms with Crippen LogP contribution in [0.25, 0.3) is 11.4 Å². The molecule has 0 aliphatic carbocycles. The number of nitrogen functional groups attached to an aromatic ring is 1. The van der Waals surface area contributed by atoms with Crippen molar-refractivity contribution < 1.29 is 23.2 Å². The van der Waals surface area contributed by atoms with Gasteiger partial charge >= 0.3 is 6.61 Å². The van der Waals surface area contributed by atoms with Gasteiger partial charge in [0.15, 0.2) is 5.82 Å². The maximum atomic E-state index is 13.3. The zero-order valence-corrected chi connectivity index (χ0v) is 20.2. The maximum Gasteiger partial charge on any atom is 0.387 e. The fraction of sp³-hybridized carbons (Fsp3) is 0.0870. The van der Waals surface area contributed by atoms with Gasteiger partial charge in [0, 0.05) is 17.3 Å². The first-order chi connectivity index (χ1) is 17.7. The van der Waals surface area contributed by atoms with E-state index >= 15 is 0 Å². The number of benzene rings is 3. The normalized spacial score (nSPS) is 11.8. The van der Waals surface area contributed by atoms with Crippen LogP contribution in [-0.2, 0) is 4.79 Å². The van der Waals surface area contributed by atoms with E-state index in [-0.39, 0.29) is 33.1 Å². The minimum atomic E-state index is -2.95. The third kappa shape index (κ3) is 6.13. The molecule has 1 amide bonds. The molecule has 0 spiro atoms. The second-order valence-corrected chi connectivity index (χ2v) is 8.88. The molecule has 3 N–H and O–H groups in total. The molecule has 3 aromatic carbocycles. The molecule has 0 saturated heterocycles. The lowest BCUT2D eigenvalue weighted by Crippen LogP contribution is -2.20. The van der Waals surface area contributed by atoms with E-state index in [9.17, 15) is 23.7 Å². The number of amides is 1. The van der Waals surface area contributed by atoms with Crippen LogP contribution in [0.1, 0.15) is 10.8 Å². The van der Waals surface area contributed by atoms with Crippen LogP contribution in [0, 0.1) is 10.1 Å². The molecule has 0 aliphatic rings. The quantitative estimate of drug-likeness (QED) is 0.125. The molecule has 0 bridgehead atoms. The number of nitro benzene ring substituents is 1. The largest absolute Gasteiger partial charge is 0.435 e. The summed E-state index contributed by atoms with van der Waals surface area (Å²) in [6.07, 6.45) is 0. The number of anilines is 1. The van der Waals surface area contributed by atoms with Gasteiger partial charge in [0.1, 0.15) is 16.0 Å². The Bertz CT molecular complexity index is 1420. The highest BCUT2D eigenvalue weighted by atomic mass is 35.5. The Morgan fingerprint density at radius 2 is 1.81 bits per heavy atom. The zero-order valence-electron chi connectivity index (χ0n) is 18.6. The number of hydrogen-bond donors (Lipinski definition) is 2. The number of ether oxygens (including phenoxy) is 1. The summed E-state index contributed by atoms with van der Waals surface area (Å²) in [4.78, 5) is 23.9. The third-order valence-electron chi connectivity index (χ3n) is 4.98. The number of nitrogens with two attached hydrogens (primary N) is 1. The first-order valence-corrected chi connectivity index (χ1v) is 11.7. The average molecular weight is 547 g/mol. The first kappa shape index (κ1) is 25.9. The number of rotatable bonds is 9. The second-order valence-electron chi connectivity index (χ2n) is 7.40. The van der Waals surface area contributed by atoms with E-state index in [1.54, 1.807) is 30.3 Å². The van der Waals surface area contributed by atoms with E-state index in [4.69, 9.17) is 17.4 Å². The molecule has 0 radical (unpaired) electrons. The van der Waals surface area contributed by atoms with Crippen molar-refractivity contribution in [2.45, 2.75) is 17.0 Å². The van der Waals surface area contributed by atoms with Crippen LogP contribution in [0.5, 0.6) is 5.75 Å². The summed E-state index contributed by atoms with van der Waals surface area (Å²) in [5.41, 5.74) is 0.938. The molecular weight excluding hydrogens is 530 g/mol. The Labute approximate surface area is 217 Å². The van der Waals surface area contributed by atoms with E-state index in [1.807, 2.05) is 0 Å². The molecule has 37 heavy (non-hydrogen) atoms. The van der Waals surface area contributed by atoms with Gasteiger partial charge in [-0.15, -0.1) is 10.2 Å². The summed E-state index contributed by atoms with van der Waals surface area (Å²) in [5.74, 6) is 5.91. The molecule has 4 aromatic rings. The summed E-state index contributed by atoms with van der Waals surface area (Å²) in [7, 11) is 0. The molecule has 0 aliphatic heterocycles. The molecule has 1 heterocycles. The first-order valence-electron chi connectivity index (χ1n) is 10.4. The molecule has 1 atom stereocenters. The van der Waals surface area contributed by atoms with E-state index in [0.717, 1.165) is 17.8 Å². The van der Waals surface area contributed by atoms with Gasteiger partial charge in [-0.05, 0) is 42.0 Å². The van der Waals surface area contributed by atoms with Gasteiger partial charge in [-0.25, -0.2) is 4.68 Å². The fourth-order valence-electron chi connectivity index (χ4n) is 3.28. The number of nitro groups is 1. The number of hydrogen-bond acceptors (Lipinski definition) is 8. The number of aromatic nitrogens is 3. The summed E-state index contributed by atoms with van der Waals surface area (Å²) in [6.45, 7) is -2.95. The standard InChI is InChI=1S/C23H17ClF2N6O4S/c24-17-11-8-15(12-18(17)32(34)35)28-21(33)19(13-4-2-1-3-5-13)37-23-30-29-20(31(23)27)14-6-9-16(10-7-14)36-22(25)26/h1-12,19,22H,27H2,(H,28,33). The van der Waals surface area contributed by atoms with Gasteiger partial charge in [-0.2, -0.15) is 8.78 Å². The number of carbonyl (C=O) groups is 1. The third-order valence-corrected chi connectivity index (χ3v) is 6.51. The zero-order chi connectivity index (χ0) is 26.5. The van der Waals surface area contributed by atoms with Gasteiger partial charge in [0.25, 0.3) is 5.69 Å². The SMILES string of the molecule is Nn1c(SC(C(=O)Nc2ccc(Cl)c([N+](=O)[O-])c2)c2ccccc2)nnc1-c1ccc(OC(F)F)cc1. The molecule has 1 aromatic heterocycles. The van der Waals surface area contributed by atoms with Crippen LogP contribution < -0.4 is 15.9 Å². The van der Waals surface area contributed by atoms with E-state index < -0.39 is 22.7 Å². The Kier molecular flexibility index (Phi) is 7.84. The minimum absolute atomic E-state index is 0.0281. The molecule has 1 unspecified atom stereocenters. The van der Waals surface area contributed by atoms with Crippen molar-refractivity contribution >= 4 is 40.6 Å². The molecule has 10 nitrogen and oxygen atoms in total. The molecule has 4 rings (SSSR count).